The molecular formula is C6H4ClFN2O. The second-order valence-corrected chi connectivity index (χ2v) is 2.24. The number of aromatic nitrogens is 1. The van der Waals surface area contributed by atoms with E-state index in [-0.39, 0.29) is 10.7 Å². The minimum Gasteiger partial charge on any atom is -0.366 e. The number of primary amides is 1. The fraction of sp³-hybridized carbons (Fsp3) is 0. The number of rotatable bonds is 1. The molecule has 0 unspecified atom stereocenters. The Bertz CT molecular complexity index is 303. The Kier molecular flexibility index (Phi) is 2.05. The first-order chi connectivity index (χ1) is 5.11. The summed E-state index contributed by atoms with van der Waals surface area (Å²) < 4.78 is 12.6. The maximum atomic E-state index is 12.6. The van der Waals surface area contributed by atoms with Gasteiger partial charge in [0.1, 0.15) is 5.15 Å². The van der Waals surface area contributed by atoms with Crippen molar-refractivity contribution in [3.63, 3.8) is 0 Å². The highest BCUT2D eigenvalue weighted by atomic mass is 35.5. The van der Waals surface area contributed by atoms with Crippen molar-refractivity contribution in [1.82, 2.24) is 4.98 Å². The summed E-state index contributed by atoms with van der Waals surface area (Å²) in [5.41, 5.74) is 4.57. The Morgan fingerprint density at radius 1 is 1.73 bits per heavy atom. The average molecular weight is 175 g/mol. The van der Waals surface area contributed by atoms with Gasteiger partial charge in [-0.2, -0.15) is 0 Å². The monoisotopic (exact) mass is 174 g/mol. The van der Waals surface area contributed by atoms with Gasteiger partial charge in [0.2, 0.25) is 0 Å². The third-order valence-corrected chi connectivity index (χ3v) is 1.29. The van der Waals surface area contributed by atoms with Gasteiger partial charge >= 0.3 is 0 Å². The van der Waals surface area contributed by atoms with Gasteiger partial charge in [-0.25, -0.2) is 9.37 Å². The van der Waals surface area contributed by atoms with Crippen LogP contribution in [0.15, 0.2) is 12.3 Å². The van der Waals surface area contributed by atoms with E-state index in [9.17, 15) is 9.18 Å². The SMILES string of the molecule is NC(=O)c1cc(Cl)ncc1F. The van der Waals surface area contributed by atoms with Gasteiger partial charge in [-0.3, -0.25) is 4.79 Å². The Balaban J connectivity index is 3.23. The van der Waals surface area contributed by atoms with Crippen molar-refractivity contribution in [2.24, 2.45) is 5.73 Å². The molecule has 0 bridgehead atoms. The predicted molar refractivity (Wildman–Crippen MR) is 37.7 cm³/mol. The average Bonchev–Trinajstić information content (AvgIpc) is 1.94. The molecule has 0 aliphatic carbocycles. The van der Waals surface area contributed by atoms with Gasteiger partial charge < -0.3 is 5.73 Å². The van der Waals surface area contributed by atoms with E-state index >= 15 is 0 Å². The highest BCUT2D eigenvalue weighted by molar-refractivity contribution is 6.29. The van der Waals surface area contributed by atoms with Crippen LogP contribution in [0.3, 0.4) is 0 Å². The molecule has 1 heterocycles. The summed E-state index contributed by atoms with van der Waals surface area (Å²) in [5.74, 6) is -1.62. The summed E-state index contributed by atoms with van der Waals surface area (Å²) >= 11 is 5.38. The van der Waals surface area contributed by atoms with E-state index in [1.807, 2.05) is 0 Å². The lowest BCUT2D eigenvalue weighted by Gasteiger charge is -1.96. The number of hydrogen-bond acceptors (Lipinski definition) is 2. The lowest BCUT2D eigenvalue weighted by Crippen LogP contribution is -2.13. The van der Waals surface area contributed by atoms with E-state index in [1.165, 1.54) is 0 Å². The van der Waals surface area contributed by atoms with E-state index in [1.54, 1.807) is 0 Å². The van der Waals surface area contributed by atoms with Crippen molar-refractivity contribution in [1.29, 1.82) is 0 Å². The van der Waals surface area contributed by atoms with Crippen molar-refractivity contribution < 1.29 is 9.18 Å². The molecule has 0 aliphatic heterocycles. The van der Waals surface area contributed by atoms with Gasteiger partial charge in [-0.1, -0.05) is 11.6 Å². The number of amides is 1. The molecule has 58 valence electrons. The molecule has 0 radical (unpaired) electrons. The van der Waals surface area contributed by atoms with Gasteiger partial charge in [0.25, 0.3) is 5.91 Å². The zero-order chi connectivity index (χ0) is 8.43. The third-order valence-electron chi connectivity index (χ3n) is 1.09. The molecule has 3 nitrogen and oxygen atoms in total. The number of carbonyl (C=O) groups excluding carboxylic acids is 1. The number of nitrogens with zero attached hydrogens (tertiary/aromatic N) is 1. The standard InChI is InChI=1S/C6H4ClFN2O/c7-5-1-3(6(9)11)4(8)2-10-5/h1-2H,(H2,9,11). The molecule has 1 amide bonds. The molecule has 1 aromatic rings. The molecule has 11 heavy (non-hydrogen) atoms. The van der Waals surface area contributed by atoms with E-state index in [4.69, 9.17) is 17.3 Å². The molecule has 0 atom stereocenters. The zero-order valence-electron chi connectivity index (χ0n) is 5.34. The summed E-state index contributed by atoms with van der Waals surface area (Å²) in [6.07, 6.45) is 0.850. The van der Waals surface area contributed by atoms with Crippen molar-refractivity contribution in [2.75, 3.05) is 0 Å². The van der Waals surface area contributed by atoms with Crippen LogP contribution in [0.2, 0.25) is 5.15 Å². The minimum absolute atomic E-state index is 0.0419. The lowest BCUT2D eigenvalue weighted by atomic mass is 10.2. The maximum Gasteiger partial charge on any atom is 0.251 e. The molecule has 0 aromatic carbocycles. The number of nitrogens with two attached hydrogens (primary N) is 1. The van der Waals surface area contributed by atoms with E-state index < -0.39 is 11.7 Å². The van der Waals surface area contributed by atoms with Crippen LogP contribution in [0.1, 0.15) is 10.4 Å². The number of pyridine rings is 1. The van der Waals surface area contributed by atoms with Gasteiger partial charge in [0.05, 0.1) is 11.8 Å². The summed E-state index contributed by atoms with van der Waals surface area (Å²) in [6.45, 7) is 0. The lowest BCUT2D eigenvalue weighted by molar-refractivity contribution is 0.0996. The fourth-order valence-corrected chi connectivity index (χ4v) is 0.760. The largest absolute Gasteiger partial charge is 0.366 e. The Hall–Kier alpha value is -1.16. The summed E-state index contributed by atoms with van der Waals surface area (Å²) in [7, 11) is 0. The molecule has 0 fully saturated rings. The summed E-state index contributed by atoms with van der Waals surface area (Å²) in [6, 6.07) is 1.08. The number of carbonyl (C=O) groups is 1. The van der Waals surface area contributed by atoms with E-state index in [0.29, 0.717) is 0 Å². The summed E-state index contributed by atoms with van der Waals surface area (Å²) in [4.78, 5) is 13.9. The maximum absolute atomic E-state index is 12.6. The molecule has 5 heteroatoms. The molecule has 1 aromatic heterocycles. The molecule has 1 rings (SSSR count). The van der Waals surface area contributed by atoms with Crippen LogP contribution in [-0.4, -0.2) is 10.9 Å². The normalized spacial score (nSPS) is 9.64. The molecule has 2 N–H and O–H groups in total. The van der Waals surface area contributed by atoms with Crippen LogP contribution >= 0.6 is 11.6 Å². The van der Waals surface area contributed by atoms with Crippen molar-refractivity contribution in [3.8, 4) is 0 Å². The molecule has 0 saturated carbocycles. The molecule has 0 aliphatic rings. The Labute approximate surface area is 67.0 Å². The molecular weight excluding hydrogens is 171 g/mol. The number of halogens is 2. The summed E-state index contributed by atoms with van der Waals surface area (Å²) in [5, 5.41) is 0.0419. The van der Waals surface area contributed by atoms with Crippen molar-refractivity contribution in [3.05, 3.63) is 28.8 Å². The van der Waals surface area contributed by atoms with Gasteiger partial charge in [0, 0.05) is 0 Å². The van der Waals surface area contributed by atoms with Crippen LogP contribution < -0.4 is 5.73 Å². The predicted octanol–water partition coefficient (Wildman–Crippen LogP) is 0.973. The Morgan fingerprint density at radius 2 is 2.36 bits per heavy atom. The Morgan fingerprint density at radius 3 is 2.82 bits per heavy atom. The van der Waals surface area contributed by atoms with E-state index in [0.717, 1.165) is 12.3 Å². The smallest absolute Gasteiger partial charge is 0.251 e. The highest BCUT2D eigenvalue weighted by Gasteiger charge is 2.08. The fourth-order valence-electron chi connectivity index (χ4n) is 0.602. The second-order valence-electron chi connectivity index (χ2n) is 1.85. The first-order valence-corrected chi connectivity index (χ1v) is 3.10. The van der Waals surface area contributed by atoms with Gasteiger partial charge in [-0.05, 0) is 6.07 Å². The van der Waals surface area contributed by atoms with Crippen LogP contribution in [0, 0.1) is 5.82 Å². The third kappa shape index (κ3) is 1.65. The van der Waals surface area contributed by atoms with Crippen LogP contribution in [0.4, 0.5) is 4.39 Å². The first-order valence-electron chi connectivity index (χ1n) is 2.72. The second kappa shape index (κ2) is 2.84. The molecule has 0 spiro atoms. The minimum atomic E-state index is -0.855. The first kappa shape index (κ1) is 7.94. The van der Waals surface area contributed by atoms with Crippen LogP contribution in [0.25, 0.3) is 0 Å². The van der Waals surface area contributed by atoms with E-state index in [2.05, 4.69) is 4.98 Å². The van der Waals surface area contributed by atoms with Gasteiger partial charge in [-0.15, -0.1) is 0 Å². The highest BCUT2D eigenvalue weighted by Crippen LogP contribution is 2.10. The van der Waals surface area contributed by atoms with Gasteiger partial charge in [0.15, 0.2) is 5.82 Å². The van der Waals surface area contributed by atoms with Crippen LogP contribution in [-0.2, 0) is 0 Å². The van der Waals surface area contributed by atoms with Crippen molar-refractivity contribution >= 4 is 17.5 Å². The molecule has 0 saturated heterocycles. The van der Waals surface area contributed by atoms with Crippen LogP contribution in [0.5, 0.6) is 0 Å². The quantitative estimate of drug-likeness (QED) is 0.645. The topological polar surface area (TPSA) is 56.0 Å². The zero-order valence-corrected chi connectivity index (χ0v) is 6.10. The van der Waals surface area contributed by atoms with Crippen molar-refractivity contribution in [2.45, 2.75) is 0 Å². The number of hydrogen-bond donors (Lipinski definition) is 1.